The minimum atomic E-state index is 0.595. The Morgan fingerprint density at radius 2 is 2.14 bits per heavy atom. The van der Waals surface area contributed by atoms with Crippen LogP contribution in [0.5, 0.6) is 0 Å². The Kier molecular flexibility index (Phi) is 5.26. The summed E-state index contributed by atoms with van der Waals surface area (Å²) in [5.41, 5.74) is 1.01. The second-order valence-corrected chi connectivity index (χ2v) is 3.67. The number of halogens is 2. The predicted molar refractivity (Wildman–Crippen MR) is 60.0 cm³/mol. The van der Waals surface area contributed by atoms with Crippen molar-refractivity contribution in [2.75, 3.05) is 20.3 Å². The molecule has 0 saturated heterocycles. The highest BCUT2D eigenvalue weighted by molar-refractivity contribution is 6.42. The van der Waals surface area contributed by atoms with Gasteiger partial charge in [-0.25, -0.2) is 0 Å². The van der Waals surface area contributed by atoms with Crippen LogP contribution in [0.25, 0.3) is 0 Å². The van der Waals surface area contributed by atoms with Gasteiger partial charge in [0.15, 0.2) is 0 Å². The van der Waals surface area contributed by atoms with Crippen molar-refractivity contribution in [2.24, 2.45) is 0 Å². The number of hydrogen-bond donors (Lipinski definition) is 1. The van der Waals surface area contributed by atoms with Gasteiger partial charge in [0.05, 0.1) is 16.7 Å². The van der Waals surface area contributed by atoms with Gasteiger partial charge >= 0.3 is 0 Å². The first-order valence-electron chi connectivity index (χ1n) is 4.38. The summed E-state index contributed by atoms with van der Waals surface area (Å²) in [5.74, 6) is 0. The standard InChI is InChI=1S/C10H13Cl2NO/c1-14-6-5-13-7-8-3-2-4-9(11)10(8)12/h2-4,13H,5-7H2,1H3. The quantitative estimate of drug-likeness (QED) is 0.791. The summed E-state index contributed by atoms with van der Waals surface area (Å²) in [7, 11) is 1.67. The minimum absolute atomic E-state index is 0.595. The first-order chi connectivity index (χ1) is 6.75. The number of methoxy groups -OCH3 is 1. The molecule has 4 heteroatoms. The third kappa shape index (κ3) is 3.46. The molecule has 0 aliphatic heterocycles. The summed E-state index contributed by atoms with van der Waals surface area (Å²) in [6.07, 6.45) is 0. The Balaban J connectivity index is 2.46. The van der Waals surface area contributed by atoms with E-state index in [4.69, 9.17) is 27.9 Å². The molecule has 78 valence electrons. The van der Waals surface area contributed by atoms with Crippen molar-refractivity contribution in [3.8, 4) is 0 Å². The fourth-order valence-corrected chi connectivity index (χ4v) is 1.47. The van der Waals surface area contributed by atoms with Gasteiger partial charge in [-0.05, 0) is 11.6 Å². The van der Waals surface area contributed by atoms with Crippen LogP contribution in [-0.2, 0) is 11.3 Å². The van der Waals surface area contributed by atoms with Crippen LogP contribution < -0.4 is 5.32 Å². The number of hydrogen-bond acceptors (Lipinski definition) is 2. The fraction of sp³-hybridized carbons (Fsp3) is 0.400. The topological polar surface area (TPSA) is 21.3 Å². The Morgan fingerprint density at radius 1 is 1.36 bits per heavy atom. The average molecular weight is 234 g/mol. The fourth-order valence-electron chi connectivity index (χ4n) is 1.08. The molecule has 14 heavy (non-hydrogen) atoms. The van der Waals surface area contributed by atoms with Crippen LogP contribution in [0.4, 0.5) is 0 Å². The van der Waals surface area contributed by atoms with Gasteiger partial charge in [0.2, 0.25) is 0 Å². The van der Waals surface area contributed by atoms with Crippen molar-refractivity contribution in [3.05, 3.63) is 33.8 Å². The van der Waals surface area contributed by atoms with Crippen molar-refractivity contribution in [2.45, 2.75) is 6.54 Å². The monoisotopic (exact) mass is 233 g/mol. The molecule has 0 aromatic heterocycles. The zero-order valence-electron chi connectivity index (χ0n) is 8.02. The van der Waals surface area contributed by atoms with Crippen LogP contribution in [0.15, 0.2) is 18.2 Å². The van der Waals surface area contributed by atoms with Crippen LogP contribution in [0, 0.1) is 0 Å². The molecule has 1 aromatic carbocycles. The van der Waals surface area contributed by atoms with Gasteiger partial charge in [0.25, 0.3) is 0 Å². The summed E-state index contributed by atoms with van der Waals surface area (Å²) in [4.78, 5) is 0. The lowest BCUT2D eigenvalue weighted by atomic mass is 10.2. The summed E-state index contributed by atoms with van der Waals surface area (Å²) < 4.78 is 4.91. The maximum absolute atomic E-state index is 6.00. The second kappa shape index (κ2) is 6.25. The highest BCUT2D eigenvalue weighted by Gasteiger charge is 2.02. The summed E-state index contributed by atoms with van der Waals surface area (Å²) in [6, 6.07) is 5.62. The lowest BCUT2D eigenvalue weighted by Gasteiger charge is -2.06. The normalized spacial score (nSPS) is 10.5. The third-order valence-corrected chi connectivity index (χ3v) is 2.69. The van der Waals surface area contributed by atoms with Crippen LogP contribution in [0.1, 0.15) is 5.56 Å². The zero-order valence-corrected chi connectivity index (χ0v) is 9.53. The molecule has 0 heterocycles. The maximum atomic E-state index is 6.00. The van der Waals surface area contributed by atoms with Crippen LogP contribution in [0.2, 0.25) is 10.0 Å². The highest BCUT2D eigenvalue weighted by Crippen LogP contribution is 2.25. The lowest BCUT2D eigenvalue weighted by Crippen LogP contribution is -2.18. The first kappa shape index (κ1) is 11.8. The van der Waals surface area contributed by atoms with Gasteiger partial charge in [-0.3, -0.25) is 0 Å². The molecule has 0 bridgehead atoms. The molecule has 1 N–H and O–H groups in total. The van der Waals surface area contributed by atoms with Crippen LogP contribution >= 0.6 is 23.2 Å². The van der Waals surface area contributed by atoms with Crippen molar-refractivity contribution >= 4 is 23.2 Å². The SMILES string of the molecule is COCCNCc1cccc(Cl)c1Cl. The van der Waals surface area contributed by atoms with E-state index < -0.39 is 0 Å². The highest BCUT2D eigenvalue weighted by atomic mass is 35.5. The summed E-state index contributed by atoms with van der Waals surface area (Å²) in [5, 5.41) is 4.42. The summed E-state index contributed by atoms with van der Waals surface area (Å²) in [6.45, 7) is 2.21. The number of nitrogens with one attached hydrogen (secondary N) is 1. The Morgan fingerprint density at radius 3 is 2.86 bits per heavy atom. The Hall–Kier alpha value is -0.280. The van der Waals surface area contributed by atoms with E-state index in [1.54, 1.807) is 13.2 Å². The van der Waals surface area contributed by atoms with E-state index in [-0.39, 0.29) is 0 Å². The average Bonchev–Trinajstić information content (AvgIpc) is 2.19. The molecular formula is C10H13Cl2NO. The van der Waals surface area contributed by atoms with E-state index in [1.807, 2.05) is 12.1 Å². The third-order valence-electron chi connectivity index (χ3n) is 1.83. The van der Waals surface area contributed by atoms with Gasteiger partial charge in [-0.15, -0.1) is 0 Å². The number of ether oxygens (including phenoxy) is 1. The van der Waals surface area contributed by atoms with Crippen molar-refractivity contribution in [3.63, 3.8) is 0 Å². The molecule has 1 aromatic rings. The maximum Gasteiger partial charge on any atom is 0.0637 e. The van der Waals surface area contributed by atoms with Gasteiger partial charge in [-0.2, -0.15) is 0 Å². The molecule has 0 unspecified atom stereocenters. The van der Waals surface area contributed by atoms with E-state index in [9.17, 15) is 0 Å². The molecular weight excluding hydrogens is 221 g/mol. The van der Waals surface area contributed by atoms with Crippen molar-refractivity contribution < 1.29 is 4.74 Å². The Bertz CT molecular complexity index is 291. The zero-order chi connectivity index (χ0) is 10.4. The molecule has 0 saturated carbocycles. The summed E-state index contributed by atoms with van der Waals surface area (Å²) >= 11 is 11.9. The molecule has 0 aliphatic carbocycles. The second-order valence-electron chi connectivity index (χ2n) is 2.88. The number of benzene rings is 1. The molecule has 0 aliphatic rings. The van der Waals surface area contributed by atoms with E-state index in [0.717, 1.165) is 12.1 Å². The van der Waals surface area contributed by atoms with Crippen LogP contribution in [0.3, 0.4) is 0 Å². The molecule has 0 spiro atoms. The predicted octanol–water partition coefficient (Wildman–Crippen LogP) is 2.73. The van der Waals surface area contributed by atoms with Gasteiger partial charge in [0, 0.05) is 20.2 Å². The molecule has 2 nitrogen and oxygen atoms in total. The first-order valence-corrected chi connectivity index (χ1v) is 5.14. The Labute approximate surface area is 94.2 Å². The molecule has 0 fully saturated rings. The van der Waals surface area contributed by atoms with Crippen LogP contribution in [-0.4, -0.2) is 20.3 Å². The molecule has 0 atom stereocenters. The number of rotatable bonds is 5. The van der Waals surface area contributed by atoms with E-state index >= 15 is 0 Å². The van der Waals surface area contributed by atoms with Gasteiger partial charge in [-0.1, -0.05) is 35.3 Å². The van der Waals surface area contributed by atoms with Crippen molar-refractivity contribution in [1.82, 2.24) is 5.32 Å². The van der Waals surface area contributed by atoms with E-state index in [2.05, 4.69) is 5.32 Å². The van der Waals surface area contributed by atoms with E-state index in [0.29, 0.717) is 23.2 Å². The van der Waals surface area contributed by atoms with Crippen molar-refractivity contribution in [1.29, 1.82) is 0 Å². The van der Waals surface area contributed by atoms with Gasteiger partial charge < -0.3 is 10.1 Å². The van der Waals surface area contributed by atoms with E-state index in [1.165, 1.54) is 0 Å². The smallest absolute Gasteiger partial charge is 0.0637 e. The lowest BCUT2D eigenvalue weighted by molar-refractivity contribution is 0.199. The van der Waals surface area contributed by atoms with Gasteiger partial charge in [0.1, 0.15) is 0 Å². The molecule has 0 amide bonds. The minimum Gasteiger partial charge on any atom is -0.383 e. The largest absolute Gasteiger partial charge is 0.383 e. The molecule has 1 rings (SSSR count). The molecule has 0 radical (unpaired) electrons.